The van der Waals surface area contributed by atoms with Crippen LogP contribution in [0.3, 0.4) is 0 Å². The van der Waals surface area contributed by atoms with Gasteiger partial charge in [0.1, 0.15) is 6.07 Å². The summed E-state index contributed by atoms with van der Waals surface area (Å²) in [4.78, 5) is 0.131. The number of hydrogen-bond acceptors (Lipinski definition) is 3. The lowest BCUT2D eigenvalue weighted by Gasteiger charge is -2.27. The number of rotatable bonds is 4. The summed E-state index contributed by atoms with van der Waals surface area (Å²) in [6, 6.07) is 8.47. The molecule has 102 valence electrons. The maximum absolute atomic E-state index is 12.7. The Morgan fingerprint density at radius 3 is 2.53 bits per heavy atom. The van der Waals surface area contributed by atoms with Gasteiger partial charge in [0, 0.05) is 12.6 Å². The second-order valence-corrected chi connectivity index (χ2v) is 6.61. The van der Waals surface area contributed by atoms with Crippen molar-refractivity contribution in [3.8, 4) is 6.07 Å². The Morgan fingerprint density at radius 1 is 1.32 bits per heavy atom. The highest BCUT2D eigenvalue weighted by molar-refractivity contribution is 7.89. The van der Waals surface area contributed by atoms with Crippen LogP contribution in [-0.4, -0.2) is 25.3 Å². The molecule has 19 heavy (non-hydrogen) atoms. The van der Waals surface area contributed by atoms with Crippen LogP contribution < -0.4 is 0 Å². The van der Waals surface area contributed by atoms with E-state index in [4.69, 9.17) is 5.26 Å². The molecule has 1 aliphatic carbocycles. The quantitative estimate of drug-likeness (QED) is 0.850. The monoisotopic (exact) mass is 278 g/mol. The molecule has 0 unspecified atom stereocenters. The van der Waals surface area contributed by atoms with E-state index >= 15 is 0 Å². The first-order chi connectivity index (χ1) is 9.11. The fourth-order valence-corrected chi connectivity index (χ4v) is 4.56. The van der Waals surface area contributed by atoms with Gasteiger partial charge < -0.3 is 0 Å². The summed E-state index contributed by atoms with van der Waals surface area (Å²) in [6.07, 6.45) is 4.00. The molecule has 0 radical (unpaired) electrons. The van der Waals surface area contributed by atoms with Crippen molar-refractivity contribution in [1.82, 2.24) is 4.31 Å². The molecular weight excluding hydrogens is 260 g/mol. The fraction of sp³-hybridized carbons (Fsp3) is 0.500. The number of benzene rings is 1. The standard InChI is InChI=1S/C14H18N2O2S/c1-2-16(13-8-4-5-9-13)19(17,18)14-10-6-3-7-12(14)11-15/h3,6-7,10,13H,2,4-5,8-9H2,1H3. The van der Waals surface area contributed by atoms with Crippen molar-refractivity contribution >= 4 is 10.0 Å². The van der Waals surface area contributed by atoms with E-state index in [0.717, 1.165) is 25.7 Å². The molecule has 1 fully saturated rings. The van der Waals surface area contributed by atoms with Gasteiger partial charge in [-0.1, -0.05) is 31.9 Å². The van der Waals surface area contributed by atoms with Gasteiger partial charge in [0.2, 0.25) is 10.0 Å². The van der Waals surface area contributed by atoms with Gasteiger partial charge in [-0.15, -0.1) is 0 Å². The third-order valence-corrected chi connectivity index (χ3v) is 5.72. The molecule has 0 spiro atoms. The van der Waals surface area contributed by atoms with Gasteiger partial charge in [-0.2, -0.15) is 9.57 Å². The van der Waals surface area contributed by atoms with Crippen molar-refractivity contribution in [3.05, 3.63) is 29.8 Å². The molecule has 0 bridgehead atoms. The van der Waals surface area contributed by atoms with Crippen molar-refractivity contribution < 1.29 is 8.42 Å². The minimum Gasteiger partial charge on any atom is -0.207 e. The zero-order valence-corrected chi connectivity index (χ0v) is 11.9. The maximum atomic E-state index is 12.7. The lowest BCUT2D eigenvalue weighted by Crippen LogP contribution is -2.38. The molecule has 0 aliphatic heterocycles. The van der Waals surface area contributed by atoms with E-state index in [2.05, 4.69) is 0 Å². The normalized spacial score (nSPS) is 16.7. The Balaban J connectivity index is 2.43. The average Bonchev–Trinajstić information content (AvgIpc) is 2.93. The van der Waals surface area contributed by atoms with E-state index in [0.29, 0.717) is 6.54 Å². The molecule has 5 heteroatoms. The zero-order valence-electron chi connectivity index (χ0n) is 11.0. The second-order valence-electron chi connectivity index (χ2n) is 4.75. The molecule has 1 saturated carbocycles. The van der Waals surface area contributed by atoms with Crippen LogP contribution in [0.5, 0.6) is 0 Å². The van der Waals surface area contributed by atoms with Crippen molar-refractivity contribution in [2.45, 2.75) is 43.5 Å². The van der Waals surface area contributed by atoms with E-state index in [1.54, 1.807) is 22.5 Å². The average molecular weight is 278 g/mol. The van der Waals surface area contributed by atoms with Gasteiger partial charge in [-0.25, -0.2) is 8.42 Å². The van der Waals surface area contributed by atoms with E-state index < -0.39 is 10.0 Å². The van der Waals surface area contributed by atoms with E-state index in [1.165, 1.54) is 6.07 Å². The minimum absolute atomic E-state index is 0.0850. The zero-order chi connectivity index (χ0) is 13.9. The highest BCUT2D eigenvalue weighted by atomic mass is 32.2. The Kier molecular flexibility index (Phi) is 4.23. The molecule has 0 heterocycles. The lowest BCUT2D eigenvalue weighted by atomic mass is 10.2. The van der Waals surface area contributed by atoms with Gasteiger partial charge in [0.15, 0.2) is 0 Å². The minimum atomic E-state index is -3.57. The van der Waals surface area contributed by atoms with Crippen molar-refractivity contribution in [2.24, 2.45) is 0 Å². The number of nitriles is 1. The molecule has 0 aromatic heterocycles. The predicted octanol–water partition coefficient (Wildman–Crippen LogP) is 2.51. The Bertz CT molecular complexity index is 584. The third kappa shape index (κ3) is 2.65. The molecular formula is C14H18N2O2S. The first-order valence-corrected chi connectivity index (χ1v) is 8.06. The van der Waals surface area contributed by atoms with Crippen molar-refractivity contribution in [1.29, 1.82) is 5.26 Å². The summed E-state index contributed by atoms with van der Waals surface area (Å²) >= 11 is 0. The maximum Gasteiger partial charge on any atom is 0.244 e. The molecule has 1 aromatic carbocycles. The summed E-state index contributed by atoms with van der Waals surface area (Å²) in [5, 5.41) is 9.07. The summed E-state index contributed by atoms with van der Waals surface area (Å²) in [5.41, 5.74) is 0.221. The molecule has 0 amide bonds. The van der Waals surface area contributed by atoms with Crippen LogP contribution in [0.1, 0.15) is 38.2 Å². The molecule has 0 atom stereocenters. The van der Waals surface area contributed by atoms with Crippen LogP contribution in [0.15, 0.2) is 29.2 Å². The van der Waals surface area contributed by atoms with Gasteiger partial charge in [0.05, 0.1) is 10.5 Å². The number of hydrogen-bond donors (Lipinski definition) is 0. The van der Waals surface area contributed by atoms with Crippen LogP contribution in [-0.2, 0) is 10.0 Å². The van der Waals surface area contributed by atoms with Gasteiger partial charge >= 0.3 is 0 Å². The highest BCUT2D eigenvalue weighted by Gasteiger charge is 2.33. The van der Waals surface area contributed by atoms with Crippen LogP contribution in [0.4, 0.5) is 0 Å². The summed E-state index contributed by atoms with van der Waals surface area (Å²) in [7, 11) is -3.57. The van der Waals surface area contributed by atoms with Crippen LogP contribution in [0.2, 0.25) is 0 Å². The van der Waals surface area contributed by atoms with E-state index in [9.17, 15) is 8.42 Å². The topological polar surface area (TPSA) is 61.2 Å². The van der Waals surface area contributed by atoms with Crippen molar-refractivity contribution in [2.75, 3.05) is 6.54 Å². The van der Waals surface area contributed by atoms with Gasteiger partial charge in [-0.05, 0) is 25.0 Å². The predicted molar refractivity (Wildman–Crippen MR) is 73.0 cm³/mol. The first-order valence-electron chi connectivity index (χ1n) is 6.62. The molecule has 0 saturated heterocycles. The molecule has 4 nitrogen and oxygen atoms in total. The SMILES string of the molecule is CCN(C1CCCC1)S(=O)(=O)c1ccccc1C#N. The summed E-state index contributed by atoms with van der Waals surface area (Å²) in [5.74, 6) is 0. The lowest BCUT2D eigenvalue weighted by molar-refractivity contribution is 0.335. The highest BCUT2D eigenvalue weighted by Crippen LogP contribution is 2.29. The summed E-state index contributed by atoms with van der Waals surface area (Å²) < 4.78 is 27.0. The molecule has 2 rings (SSSR count). The molecule has 0 N–H and O–H groups in total. The Morgan fingerprint density at radius 2 is 1.95 bits per heavy atom. The smallest absolute Gasteiger partial charge is 0.207 e. The number of nitrogens with zero attached hydrogens (tertiary/aromatic N) is 2. The third-order valence-electron chi connectivity index (χ3n) is 3.64. The summed E-state index contributed by atoms with van der Waals surface area (Å²) in [6.45, 7) is 2.30. The van der Waals surface area contributed by atoms with E-state index in [-0.39, 0.29) is 16.5 Å². The fourth-order valence-electron chi connectivity index (χ4n) is 2.73. The second kappa shape index (κ2) is 5.72. The van der Waals surface area contributed by atoms with Crippen LogP contribution >= 0.6 is 0 Å². The molecule has 1 aromatic rings. The number of sulfonamides is 1. The molecule has 1 aliphatic rings. The van der Waals surface area contributed by atoms with Crippen LogP contribution in [0, 0.1) is 11.3 Å². The van der Waals surface area contributed by atoms with E-state index in [1.807, 2.05) is 13.0 Å². The Hall–Kier alpha value is -1.38. The van der Waals surface area contributed by atoms with Crippen LogP contribution in [0.25, 0.3) is 0 Å². The Labute approximate surface area is 114 Å². The largest absolute Gasteiger partial charge is 0.244 e. The first kappa shape index (κ1) is 14.0. The van der Waals surface area contributed by atoms with Gasteiger partial charge in [0.25, 0.3) is 0 Å². The van der Waals surface area contributed by atoms with Gasteiger partial charge in [-0.3, -0.25) is 0 Å². The van der Waals surface area contributed by atoms with Crippen molar-refractivity contribution in [3.63, 3.8) is 0 Å².